The van der Waals surface area contributed by atoms with Crippen molar-refractivity contribution >= 4 is 27.2 Å². The fraction of sp³-hybridized carbons (Fsp3) is 0.562. The number of aromatic nitrogens is 1. The van der Waals surface area contributed by atoms with Crippen LogP contribution in [0.25, 0.3) is 10.2 Å². The number of aliphatic hydroxyl groups excluding tert-OH is 1. The van der Waals surface area contributed by atoms with Crippen molar-refractivity contribution < 1.29 is 9.84 Å². The summed E-state index contributed by atoms with van der Waals surface area (Å²) >= 11 is 1.63. The van der Waals surface area contributed by atoms with E-state index in [0.29, 0.717) is 19.3 Å². The Labute approximate surface area is 129 Å². The van der Waals surface area contributed by atoms with E-state index in [1.165, 1.54) is 19.3 Å². The zero-order valence-corrected chi connectivity index (χ0v) is 12.9. The molecule has 5 heteroatoms. The highest BCUT2D eigenvalue weighted by Gasteiger charge is 2.15. The quantitative estimate of drug-likeness (QED) is 0.858. The van der Waals surface area contributed by atoms with E-state index in [2.05, 4.69) is 16.4 Å². The van der Waals surface area contributed by atoms with Gasteiger partial charge in [0.1, 0.15) is 0 Å². The number of fused-ring (bicyclic) bond motifs is 1. The highest BCUT2D eigenvalue weighted by molar-refractivity contribution is 7.16. The Hall–Kier alpha value is -1.17. The molecule has 114 valence electrons. The van der Waals surface area contributed by atoms with Crippen LogP contribution in [-0.4, -0.2) is 35.5 Å². The van der Waals surface area contributed by atoms with Crippen molar-refractivity contribution in [2.45, 2.75) is 44.3 Å². The molecule has 1 unspecified atom stereocenters. The molecule has 1 saturated carbocycles. The second kappa shape index (κ2) is 7.20. The van der Waals surface area contributed by atoms with E-state index in [1.807, 2.05) is 17.6 Å². The first kappa shape index (κ1) is 14.8. The third-order valence-electron chi connectivity index (χ3n) is 3.95. The number of aliphatic hydroxyl groups is 1. The maximum Gasteiger partial charge on any atom is 0.0945 e. The average molecular weight is 306 g/mol. The molecule has 1 atom stereocenters. The van der Waals surface area contributed by atoms with Crippen molar-refractivity contribution in [1.29, 1.82) is 0 Å². The Bertz CT molecular complexity index is 566. The van der Waals surface area contributed by atoms with Crippen molar-refractivity contribution in [2.75, 3.05) is 18.5 Å². The Morgan fingerprint density at radius 1 is 1.33 bits per heavy atom. The highest BCUT2D eigenvalue weighted by atomic mass is 32.1. The van der Waals surface area contributed by atoms with E-state index in [0.717, 1.165) is 28.7 Å². The molecular formula is C16H22N2O2S. The van der Waals surface area contributed by atoms with Gasteiger partial charge in [0.05, 0.1) is 34.5 Å². The summed E-state index contributed by atoms with van der Waals surface area (Å²) in [5, 5.41) is 13.3. The zero-order valence-electron chi connectivity index (χ0n) is 12.1. The van der Waals surface area contributed by atoms with Gasteiger partial charge in [0.2, 0.25) is 0 Å². The van der Waals surface area contributed by atoms with E-state index in [-0.39, 0.29) is 0 Å². The molecule has 21 heavy (non-hydrogen) atoms. The number of rotatable bonds is 6. The van der Waals surface area contributed by atoms with Crippen LogP contribution in [0.15, 0.2) is 23.7 Å². The molecule has 1 aromatic heterocycles. The number of nitrogens with one attached hydrogen (secondary N) is 1. The molecule has 1 fully saturated rings. The standard InChI is InChI=1S/C16H22N2O2S/c19-13(10-20-14-4-2-1-3-5-14)9-17-12-6-7-15-16(8-12)21-11-18-15/h6-8,11,13-14,17,19H,1-5,9-10H2. The molecule has 0 saturated heterocycles. The van der Waals surface area contributed by atoms with Gasteiger partial charge in [0.15, 0.2) is 0 Å². The first-order valence-electron chi connectivity index (χ1n) is 7.68. The highest BCUT2D eigenvalue weighted by Crippen LogP contribution is 2.22. The van der Waals surface area contributed by atoms with Crippen LogP contribution in [-0.2, 0) is 4.74 Å². The summed E-state index contributed by atoms with van der Waals surface area (Å²) in [4.78, 5) is 4.26. The smallest absolute Gasteiger partial charge is 0.0945 e. The Morgan fingerprint density at radius 3 is 3.05 bits per heavy atom. The normalized spacial score (nSPS) is 18.0. The second-order valence-electron chi connectivity index (χ2n) is 5.66. The Kier molecular flexibility index (Phi) is 5.06. The van der Waals surface area contributed by atoms with Crippen LogP contribution in [0, 0.1) is 0 Å². The van der Waals surface area contributed by atoms with Gasteiger partial charge >= 0.3 is 0 Å². The first-order chi connectivity index (χ1) is 10.3. The summed E-state index contributed by atoms with van der Waals surface area (Å²) in [5.41, 5.74) is 3.89. The molecule has 1 aliphatic carbocycles. The van der Waals surface area contributed by atoms with Gasteiger partial charge in [-0.3, -0.25) is 0 Å². The zero-order chi connectivity index (χ0) is 14.5. The summed E-state index contributed by atoms with van der Waals surface area (Å²) in [7, 11) is 0. The summed E-state index contributed by atoms with van der Waals surface area (Å²) in [6.45, 7) is 0.928. The van der Waals surface area contributed by atoms with E-state index in [1.54, 1.807) is 11.3 Å². The maximum absolute atomic E-state index is 10.0. The van der Waals surface area contributed by atoms with Gasteiger partial charge in [-0.1, -0.05) is 19.3 Å². The van der Waals surface area contributed by atoms with Crippen molar-refractivity contribution in [3.8, 4) is 0 Å². The van der Waals surface area contributed by atoms with Crippen LogP contribution in [0.3, 0.4) is 0 Å². The van der Waals surface area contributed by atoms with Crippen molar-refractivity contribution in [1.82, 2.24) is 4.98 Å². The predicted octanol–water partition coefficient (Wildman–Crippen LogP) is 3.42. The monoisotopic (exact) mass is 306 g/mol. The Morgan fingerprint density at radius 2 is 2.19 bits per heavy atom. The molecule has 1 aromatic carbocycles. The molecule has 0 spiro atoms. The lowest BCUT2D eigenvalue weighted by Gasteiger charge is -2.23. The molecular weight excluding hydrogens is 284 g/mol. The summed E-state index contributed by atoms with van der Waals surface area (Å²) in [6, 6.07) is 6.07. The molecule has 4 nitrogen and oxygen atoms in total. The number of anilines is 1. The van der Waals surface area contributed by atoms with Gasteiger partial charge in [-0.05, 0) is 31.0 Å². The number of ether oxygens (including phenoxy) is 1. The molecule has 0 aliphatic heterocycles. The van der Waals surface area contributed by atoms with Gasteiger partial charge in [-0.25, -0.2) is 4.98 Å². The Balaban J connectivity index is 1.43. The van der Waals surface area contributed by atoms with Crippen LogP contribution >= 0.6 is 11.3 Å². The molecule has 2 N–H and O–H groups in total. The van der Waals surface area contributed by atoms with E-state index in [9.17, 15) is 5.11 Å². The van der Waals surface area contributed by atoms with Crippen LogP contribution in [0.5, 0.6) is 0 Å². The summed E-state index contributed by atoms with van der Waals surface area (Å²) < 4.78 is 6.95. The van der Waals surface area contributed by atoms with Gasteiger partial charge in [-0.2, -0.15) is 0 Å². The number of hydrogen-bond acceptors (Lipinski definition) is 5. The van der Waals surface area contributed by atoms with Crippen LogP contribution < -0.4 is 5.32 Å². The lowest BCUT2D eigenvalue weighted by Crippen LogP contribution is -2.28. The first-order valence-corrected chi connectivity index (χ1v) is 8.56. The predicted molar refractivity (Wildman–Crippen MR) is 86.9 cm³/mol. The van der Waals surface area contributed by atoms with E-state index in [4.69, 9.17) is 4.74 Å². The number of benzene rings is 1. The topological polar surface area (TPSA) is 54.4 Å². The van der Waals surface area contributed by atoms with E-state index < -0.39 is 6.10 Å². The molecule has 1 heterocycles. The van der Waals surface area contributed by atoms with Gasteiger partial charge in [-0.15, -0.1) is 11.3 Å². The second-order valence-corrected chi connectivity index (χ2v) is 6.55. The molecule has 0 radical (unpaired) electrons. The number of hydrogen-bond donors (Lipinski definition) is 2. The lowest BCUT2D eigenvalue weighted by atomic mass is 9.98. The summed E-state index contributed by atoms with van der Waals surface area (Å²) in [6.07, 6.45) is 6.00. The molecule has 0 bridgehead atoms. The average Bonchev–Trinajstić information content (AvgIpc) is 2.99. The number of nitrogens with zero attached hydrogens (tertiary/aromatic N) is 1. The number of thiazole rings is 1. The maximum atomic E-state index is 10.0. The molecule has 2 aromatic rings. The van der Waals surface area contributed by atoms with Gasteiger partial charge < -0.3 is 15.2 Å². The van der Waals surface area contributed by atoms with E-state index >= 15 is 0 Å². The van der Waals surface area contributed by atoms with Crippen LogP contribution in [0.4, 0.5) is 5.69 Å². The minimum Gasteiger partial charge on any atom is -0.389 e. The van der Waals surface area contributed by atoms with Crippen LogP contribution in [0.2, 0.25) is 0 Å². The fourth-order valence-electron chi connectivity index (χ4n) is 2.74. The third-order valence-corrected chi connectivity index (χ3v) is 4.74. The fourth-order valence-corrected chi connectivity index (χ4v) is 3.45. The largest absolute Gasteiger partial charge is 0.389 e. The van der Waals surface area contributed by atoms with Crippen LogP contribution in [0.1, 0.15) is 32.1 Å². The molecule has 0 amide bonds. The SMILES string of the molecule is OC(CNc1ccc2ncsc2c1)COC1CCCCC1. The third kappa shape index (κ3) is 4.15. The van der Waals surface area contributed by atoms with Crippen molar-refractivity contribution in [2.24, 2.45) is 0 Å². The van der Waals surface area contributed by atoms with Gasteiger partial charge in [0, 0.05) is 12.2 Å². The van der Waals surface area contributed by atoms with Gasteiger partial charge in [0.25, 0.3) is 0 Å². The minimum atomic E-state index is -0.468. The molecule has 3 rings (SSSR count). The minimum absolute atomic E-state index is 0.349. The summed E-state index contributed by atoms with van der Waals surface area (Å²) in [5.74, 6) is 0. The lowest BCUT2D eigenvalue weighted by molar-refractivity contribution is -0.0195. The van der Waals surface area contributed by atoms with Crippen molar-refractivity contribution in [3.63, 3.8) is 0 Å². The molecule has 1 aliphatic rings. The van der Waals surface area contributed by atoms with Crippen molar-refractivity contribution in [3.05, 3.63) is 23.7 Å².